The number of para-hydroxylation sites is 1. The molecule has 1 aliphatic heterocycles. The lowest BCUT2D eigenvalue weighted by molar-refractivity contribution is -0.117. The normalized spacial score (nSPS) is 20.2. The number of carbonyl (C=O) groups excluding carboxylic acids is 1. The van der Waals surface area contributed by atoms with Gasteiger partial charge in [-0.25, -0.2) is 0 Å². The van der Waals surface area contributed by atoms with E-state index in [9.17, 15) is 4.79 Å². The van der Waals surface area contributed by atoms with Crippen molar-refractivity contribution < 1.29 is 9.53 Å². The van der Waals surface area contributed by atoms with Crippen LogP contribution in [-0.4, -0.2) is 44.2 Å². The quantitative estimate of drug-likeness (QED) is 0.882. The molecule has 0 aliphatic carbocycles. The third kappa shape index (κ3) is 4.65. The van der Waals surface area contributed by atoms with Gasteiger partial charge in [0.05, 0.1) is 13.2 Å². The number of amides is 1. The molecular weight excluding hydrogens is 240 g/mol. The van der Waals surface area contributed by atoms with Crippen LogP contribution >= 0.6 is 0 Å². The topological polar surface area (TPSA) is 41.6 Å². The molecule has 1 amide bonds. The van der Waals surface area contributed by atoms with Crippen LogP contribution in [0, 0.1) is 5.92 Å². The summed E-state index contributed by atoms with van der Waals surface area (Å²) in [6.07, 6.45) is 2.34. The van der Waals surface area contributed by atoms with Crippen LogP contribution in [0.25, 0.3) is 0 Å². The minimum Gasteiger partial charge on any atom is -0.384 e. The fraction of sp³-hybridized carbons (Fsp3) is 0.533. The van der Waals surface area contributed by atoms with Crippen LogP contribution in [0.1, 0.15) is 12.8 Å². The standard InChI is InChI=1S/C15H22N2O2/c1-19-12-13-6-5-9-17(10-13)11-15(18)16-14-7-3-2-4-8-14/h2-4,7-8,13H,5-6,9-12H2,1H3,(H,16,18). The molecule has 4 nitrogen and oxygen atoms in total. The highest BCUT2D eigenvalue weighted by molar-refractivity contribution is 5.92. The van der Waals surface area contributed by atoms with Crippen LogP contribution in [0.4, 0.5) is 5.69 Å². The Morgan fingerprint density at radius 2 is 2.21 bits per heavy atom. The lowest BCUT2D eigenvalue weighted by Crippen LogP contribution is -2.41. The second-order valence-electron chi connectivity index (χ2n) is 5.11. The van der Waals surface area contributed by atoms with Gasteiger partial charge in [-0.15, -0.1) is 0 Å². The molecule has 1 heterocycles. The number of piperidine rings is 1. The van der Waals surface area contributed by atoms with Crippen LogP contribution in [0.3, 0.4) is 0 Å². The zero-order chi connectivity index (χ0) is 13.5. The second-order valence-corrected chi connectivity index (χ2v) is 5.11. The summed E-state index contributed by atoms with van der Waals surface area (Å²) >= 11 is 0. The lowest BCUT2D eigenvalue weighted by Gasteiger charge is -2.31. The van der Waals surface area contributed by atoms with Gasteiger partial charge in [0.2, 0.25) is 5.91 Å². The summed E-state index contributed by atoms with van der Waals surface area (Å²) in [4.78, 5) is 14.2. The number of nitrogens with zero attached hydrogens (tertiary/aromatic N) is 1. The maximum Gasteiger partial charge on any atom is 0.238 e. The number of carbonyl (C=O) groups is 1. The van der Waals surface area contributed by atoms with Crippen molar-refractivity contribution >= 4 is 11.6 Å². The summed E-state index contributed by atoms with van der Waals surface area (Å²) in [5.41, 5.74) is 0.859. The van der Waals surface area contributed by atoms with Gasteiger partial charge in [-0.05, 0) is 37.4 Å². The van der Waals surface area contributed by atoms with Gasteiger partial charge in [0.1, 0.15) is 0 Å². The van der Waals surface area contributed by atoms with E-state index in [1.54, 1.807) is 7.11 Å². The second kappa shape index (κ2) is 7.26. The van der Waals surface area contributed by atoms with Gasteiger partial charge in [-0.2, -0.15) is 0 Å². The van der Waals surface area contributed by atoms with E-state index in [-0.39, 0.29) is 5.91 Å². The summed E-state index contributed by atoms with van der Waals surface area (Å²) in [6, 6.07) is 9.59. The molecule has 0 saturated carbocycles. The highest BCUT2D eigenvalue weighted by atomic mass is 16.5. The molecule has 19 heavy (non-hydrogen) atoms. The average Bonchev–Trinajstić information content (AvgIpc) is 2.40. The first-order valence-electron chi connectivity index (χ1n) is 6.84. The molecule has 1 unspecified atom stereocenters. The first-order valence-corrected chi connectivity index (χ1v) is 6.84. The number of benzene rings is 1. The lowest BCUT2D eigenvalue weighted by atomic mass is 9.99. The maximum atomic E-state index is 12.0. The van der Waals surface area contributed by atoms with Crippen molar-refractivity contribution in [1.29, 1.82) is 0 Å². The van der Waals surface area contributed by atoms with E-state index in [4.69, 9.17) is 4.74 Å². The Labute approximate surface area is 114 Å². The molecule has 1 saturated heterocycles. The van der Waals surface area contributed by atoms with Crippen LogP contribution in [0.5, 0.6) is 0 Å². The molecule has 104 valence electrons. The highest BCUT2D eigenvalue weighted by Gasteiger charge is 2.21. The Morgan fingerprint density at radius 3 is 2.95 bits per heavy atom. The molecule has 0 bridgehead atoms. The predicted molar refractivity (Wildman–Crippen MR) is 76.1 cm³/mol. The third-order valence-electron chi connectivity index (χ3n) is 3.43. The zero-order valence-corrected chi connectivity index (χ0v) is 11.5. The van der Waals surface area contributed by atoms with Gasteiger partial charge in [-0.1, -0.05) is 18.2 Å². The Kier molecular flexibility index (Phi) is 5.36. The summed E-state index contributed by atoms with van der Waals surface area (Å²) in [6.45, 7) is 3.21. The zero-order valence-electron chi connectivity index (χ0n) is 11.5. The number of anilines is 1. The van der Waals surface area contributed by atoms with E-state index in [1.807, 2.05) is 30.3 Å². The summed E-state index contributed by atoms with van der Waals surface area (Å²) in [7, 11) is 1.74. The van der Waals surface area contributed by atoms with E-state index in [0.717, 1.165) is 31.8 Å². The van der Waals surface area contributed by atoms with Crippen LogP contribution < -0.4 is 5.32 Å². The third-order valence-corrected chi connectivity index (χ3v) is 3.43. The summed E-state index contributed by atoms with van der Waals surface area (Å²) < 4.78 is 5.20. The molecule has 1 aliphatic rings. The molecule has 0 radical (unpaired) electrons. The number of ether oxygens (including phenoxy) is 1. The van der Waals surface area contributed by atoms with Crippen molar-refractivity contribution in [2.45, 2.75) is 12.8 Å². The number of likely N-dealkylation sites (tertiary alicyclic amines) is 1. The minimum absolute atomic E-state index is 0.0595. The van der Waals surface area contributed by atoms with Crippen LogP contribution in [0.2, 0.25) is 0 Å². The number of methoxy groups -OCH3 is 1. The Morgan fingerprint density at radius 1 is 1.42 bits per heavy atom. The Bertz CT molecular complexity index is 392. The van der Waals surface area contributed by atoms with E-state index in [2.05, 4.69) is 10.2 Å². The summed E-state index contributed by atoms with van der Waals surface area (Å²) in [5.74, 6) is 0.618. The molecule has 1 aromatic rings. The molecule has 1 fully saturated rings. The smallest absolute Gasteiger partial charge is 0.238 e. The van der Waals surface area contributed by atoms with E-state index < -0.39 is 0 Å². The van der Waals surface area contributed by atoms with Gasteiger partial charge in [0.15, 0.2) is 0 Å². The van der Waals surface area contributed by atoms with Crippen molar-refractivity contribution in [2.75, 3.05) is 38.7 Å². The van der Waals surface area contributed by atoms with Gasteiger partial charge < -0.3 is 10.1 Å². The molecular formula is C15H22N2O2. The van der Waals surface area contributed by atoms with Crippen LogP contribution in [0.15, 0.2) is 30.3 Å². The summed E-state index contributed by atoms with van der Waals surface area (Å²) in [5, 5.41) is 2.92. The predicted octanol–water partition coefficient (Wildman–Crippen LogP) is 1.98. The largest absolute Gasteiger partial charge is 0.384 e. The number of rotatable bonds is 5. The first kappa shape index (κ1) is 14.0. The Hall–Kier alpha value is -1.39. The van der Waals surface area contributed by atoms with Crippen molar-refractivity contribution in [3.63, 3.8) is 0 Å². The van der Waals surface area contributed by atoms with Crippen molar-refractivity contribution in [1.82, 2.24) is 4.90 Å². The molecule has 1 N–H and O–H groups in total. The fourth-order valence-electron chi connectivity index (χ4n) is 2.59. The van der Waals surface area contributed by atoms with Crippen molar-refractivity contribution in [2.24, 2.45) is 5.92 Å². The van der Waals surface area contributed by atoms with E-state index in [1.165, 1.54) is 6.42 Å². The fourth-order valence-corrected chi connectivity index (χ4v) is 2.59. The van der Waals surface area contributed by atoms with Gasteiger partial charge in [-0.3, -0.25) is 9.69 Å². The maximum absolute atomic E-state index is 12.0. The SMILES string of the molecule is COCC1CCCN(CC(=O)Nc2ccccc2)C1. The molecule has 0 aromatic heterocycles. The highest BCUT2D eigenvalue weighted by Crippen LogP contribution is 2.16. The average molecular weight is 262 g/mol. The van der Waals surface area contributed by atoms with Crippen molar-refractivity contribution in [3.05, 3.63) is 30.3 Å². The van der Waals surface area contributed by atoms with Gasteiger partial charge in [0.25, 0.3) is 0 Å². The molecule has 1 aromatic carbocycles. The Balaban J connectivity index is 1.78. The number of hydrogen-bond donors (Lipinski definition) is 1. The van der Waals surface area contributed by atoms with E-state index >= 15 is 0 Å². The van der Waals surface area contributed by atoms with Crippen LogP contribution in [-0.2, 0) is 9.53 Å². The monoisotopic (exact) mass is 262 g/mol. The molecule has 1 atom stereocenters. The first-order chi connectivity index (χ1) is 9.28. The molecule has 2 rings (SSSR count). The van der Waals surface area contributed by atoms with Gasteiger partial charge in [0, 0.05) is 19.3 Å². The number of hydrogen-bond acceptors (Lipinski definition) is 3. The molecule has 4 heteroatoms. The number of nitrogens with one attached hydrogen (secondary N) is 1. The van der Waals surface area contributed by atoms with Gasteiger partial charge >= 0.3 is 0 Å². The molecule has 0 spiro atoms. The van der Waals surface area contributed by atoms with E-state index in [0.29, 0.717) is 12.5 Å². The van der Waals surface area contributed by atoms with Crippen molar-refractivity contribution in [3.8, 4) is 0 Å². The minimum atomic E-state index is 0.0595.